The van der Waals surface area contributed by atoms with Crippen LogP contribution in [-0.4, -0.2) is 54.1 Å². The van der Waals surface area contributed by atoms with E-state index in [1.54, 1.807) is 0 Å². The molecular weight excluding hydrogens is 262 g/mol. The fraction of sp³-hybridized carbons (Fsp3) is 0.500. The van der Waals surface area contributed by atoms with Crippen LogP contribution in [-0.2, 0) is 11.2 Å². The molecule has 0 bridgehead atoms. The predicted molar refractivity (Wildman–Crippen MR) is 71.6 cm³/mol. The second-order valence-electron chi connectivity index (χ2n) is 4.52. The highest BCUT2D eigenvalue weighted by atomic mass is 16.7. The molecule has 6 heteroatoms. The van der Waals surface area contributed by atoms with Crippen molar-refractivity contribution in [3.8, 4) is 11.5 Å². The summed E-state index contributed by atoms with van der Waals surface area (Å²) in [7, 11) is 0. The largest absolute Gasteiger partial charge is 0.454 e. The van der Waals surface area contributed by atoms with E-state index in [9.17, 15) is 4.79 Å². The first-order valence-corrected chi connectivity index (χ1v) is 6.62. The number of nitrogens with zero attached hydrogens (tertiary/aromatic N) is 1. The van der Waals surface area contributed by atoms with Gasteiger partial charge in [-0.25, -0.2) is 0 Å². The number of rotatable bonds is 7. The van der Waals surface area contributed by atoms with E-state index in [1.165, 1.54) is 4.90 Å². The number of hydrogen-bond acceptors (Lipinski definition) is 5. The molecule has 110 valence electrons. The molecule has 0 aliphatic carbocycles. The van der Waals surface area contributed by atoms with Gasteiger partial charge in [-0.3, -0.25) is 4.79 Å². The quantitative estimate of drug-likeness (QED) is 0.744. The van der Waals surface area contributed by atoms with E-state index in [0.717, 1.165) is 11.3 Å². The van der Waals surface area contributed by atoms with Gasteiger partial charge in [-0.2, -0.15) is 0 Å². The maximum absolute atomic E-state index is 12.0. The Balaban J connectivity index is 1.89. The zero-order chi connectivity index (χ0) is 14.4. The Morgan fingerprint density at radius 3 is 2.55 bits per heavy atom. The summed E-state index contributed by atoms with van der Waals surface area (Å²) >= 11 is 0. The molecule has 0 unspecified atom stereocenters. The summed E-state index contributed by atoms with van der Waals surface area (Å²) in [5, 5.41) is 17.8. The van der Waals surface area contributed by atoms with Crippen molar-refractivity contribution in [3.05, 3.63) is 23.8 Å². The second-order valence-corrected chi connectivity index (χ2v) is 4.52. The van der Waals surface area contributed by atoms with Gasteiger partial charge in [0.25, 0.3) is 0 Å². The van der Waals surface area contributed by atoms with E-state index in [-0.39, 0.29) is 39.0 Å². The van der Waals surface area contributed by atoms with Crippen molar-refractivity contribution in [1.29, 1.82) is 0 Å². The summed E-state index contributed by atoms with van der Waals surface area (Å²) in [6, 6.07) is 5.61. The molecule has 0 atom stereocenters. The van der Waals surface area contributed by atoms with Crippen molar-refractivity contribution in [3.63, 3.8) is 0 Å². The van der Waals surface area contributed by atoms with Crippen LogP contribution in [0.1, 0.15) is 12.0 Å². The summed E-state index contributed by atoms with van der Waals surface area (Å²) in [5.41, 5.74) is 0.996. The molecule has 0 saturated heterocycles. The SMILES string of the molecule is O=C(CCc1ccc2c(c1)OCO2)N(CCO)CCO. The van der Waals surface area contributed by atoms with Gasteiger partial charge < -0.3 is 24.6 Å². The van der Waals surface area contributed by atoms with Crippen LogP contribution >= 0.6 is 0 Å². The van der Waals surface area contributed by atoms with Crippen LogP contribution in [0.15, 0.2) is 18.2 Å². The third-order valence-electron chi connectivity index (χ3n) is 3.16. The minimum Gasteiger partial charge on any atom is -0.454 e. The van der Waals surface area contributed by atoms with Gasteiger partial charge in [0.1, 0.15) is 0 Å². The summed E-state index contributed by atoms with van der Waals surface area (Å²) in [6.07, 6.45) is 0.919. The molecule has 1 amide bonds. The summed E-state index contributed by atoms with van der Waals surface area (Å²) in [5.74, 6) is 1.35. The van der Waals surface area contributed by atoms with E-state index < -0.39 is 0 Å². The van der Waals surface area contributed by atoms with Crippen LogP contribution in [0.25, 0.3) is 0 Å². The Morgan fingerprint density at radius 2 is 1.85 bits per heavy atom. The zero-order valence-corrected chi connectivity index (χ0v) is 11.2. The first kappa shape index (κ1) is 14.6. The molecular formula is C14H19NO5. The lowest BCUT2D eigenvalue weighted by Gasteiger charge is -2.20. The first-order chi connectivity index (χ1) is 9.74. The molecule has 0 saturated carbocycles. The third-order valence-corrected chi connectivity index (χ3v) is 3.16. The summed E-state index contributed by atoms with van der Waals surface area (Å²) in [6.45, 7) is 0.533. The van der Waals surface area contributed by atoms with Gasteiger partial charge in [0, 0.05) is 19.5 Å². The number of aryl methyl sites for hydroxylation is 1. The number of hydrogen-bond donors (Lipinski definition) is 2. The molecule has 0 spiro atoms. The molecule has 1 aliphatic rings. The standard InChI is InChI=1S/C14H19NO5/c16-7-5-15(6-8-17)14(18)4-2-11-1-3-12-13(9-11)20-10-19-12/h1,3,9,16-17H,2,4-8,10H2. The van der Waals surface area contributed by atoms with Crippen molar-refractivity contribution in [1.82, 2.24) is 4.90 Å². The molecule has 0 fully saturated rings. The lowest BCUT2D eigenvalue weighted by atomic mass is 10.1. The number of carbonyl (C=O) groups excluding carboxylic acids is 1. The number of carbonyl (C=O) groups is 1. The van der Waals surface area contributed by atoms with Gasteiger partial charge in [0.15, 0.2) is 11.5 Å². The second kappa shape index (κ2) is 7.12. The highest BCUT2D eigenvalue weighted by molar-refractivity contribution is 5.76. The number of aliphatic hydroxyl groups excluding tert-OH is 2. The summed E-state index contributed by atoms with van der Waals surface area (Å²) in [4.78, 5) is 13.4. The van der Waals surface area contributed by atoms with Crippen molar-refractivity contribution in [2.24, 2.45) is 0 Å². The number of fused-ring (bicyclic) bond motifs is 1. The molecule has 1 aliphatic heterocycles. The molecule has 6 nitrogen and oxygen atoms in total. The molecule has 1 aromatic carbocycles. The smallest absolute Gasteiger partial charge is 0.231 e. The van der Waals surface area contributed by atoms with Crippen LogP contribution in [0, 0.1) is 0 Å². The van der Waals surface area contributed by atoms with Gasteiger partial charge in [0.05, 0.1) is 13.2 Å². The van der Waals surface area contributed by atoms with Crippen molar-refractivity contribution in [2.45, 2.75) is 12.8 Å². The van der Waals surface area contributed by atoms with E-state index in [0.29, 0.717) is 18.6 Å². The fourth-order valence-electron chi connectivity index (χ4n) is 2.11. The Kier molecular flexibility index (Phi) is 5.20. The Bertz CT molecular complexity index is 457. The van der Waals surface area contributed by atoms with Gasteiger partial charge >= 0.3 is 0 Å². The van der Waals surface area contributed by atoms with Crippen molar-refractivity contribution in [2.75, 3.05) is 33.1 Å². The maximum Gasteiger partial charge on any atom is 0.231 e. The highest BCUT2D eigenvalue weighted by Gasteiger charge is 2.15. The van der Waals surface area contributed by atoms with E-state index >= 15 is 0 Å². The minimum absolute atomic E-state index is 0.0780. The van der Waals surface area contributed by atoms with Crippen LogP contribution in [0.5, 0.6) is 11.5 Å². The van der Waals surface area contributed by atoms with Gasteiger partial charge in [0.2, 0.25) is 12.7 Å². The molecule has 20 heavy (non-hydrogen) atoms. The van der Waals surface area contributed by atoms with Crippen molar-refractivity contribution >= 4 is 5.91 Å². The Hall–Kier alpha value is -1.79. The summed E-state index contributed by atoms with van der Waals surface area (Å²) < 4.78 is 10.5. The predicted octanol–water partition coefficient (Wildman–Crippen LogP) is 0.161. The average molecular weight is 281 g/mol. The third kappa shape index (κ3) is 3.61. The lowest BCUT2D eigenvalue weighted by molar-refractivity contribution is -0.132. The molecule has 2 N–H and O–H groups in total. The number of ether oxygens (including phenoxy) is 2. The zero-order valence-electron chi connectivity index (χ0n) is 11.2. The maximum atomic E-state index is 12.0. The Labute approximate surface area is 117 Å². The fourth-order valence-corrected chi connectivity index (χ4v) is 2.11. The molecule has 0 radical (unpaired) electrons. The van der Waals surface area contributed by atoms with Crippen LogP contribution < -0.4 is 9.47 Å². The first-order valence-electron chi connectivity index (χ1n) is 6.62. The normalized spacial score (nSPS) is 12.5. The monoisotopic (exact) mass is 281 g/mol. The number of aliphatic hydroxyl groups is 2. The minimum atomic E-state index is -0.101. The van der Waals surface area contributed by atoms with Gasteiger partial charge in [-0.15, -0.1) is 0 Å². The highest BCUT2D eigenvalue weighted by Crippen LogP contribution is 2.32. The molecule has 1 heterocycles. The molecule has 2 rings (SSSR count). The van der Waals surface area contributed by atoms with Crippen LogP contribution in [0.4, 0.5) is 0 Å². The Morgan fingerprint density at radius 1 is 1.15 bits per heavy atom. The lowest BCUT2D eigenvalue weighted by Crippen LogP contribution is -2.35. The van der Waals surface area contributed by atoms with E-state index in [4.69, 9.17) is 19.7 Å². The van der Waals surface area contributed by atoms with E-state index in [1.807, 2.05) is 18.2 Å². The molecule has 0 aromatic heterocycles. The van der Waals surface area contributed by atoms with Crippen LogP contribution in [0.3, 0.4) is 0 Å². The van der Waals surface area contributed by atoms with Crippen LogP contribution in [0.2, 0.25) is 0 Å². The van der Waals surface area contributed by atoms with Gasteiger partial charge in [-0.1, -0.05) is 6.07 Å². The average Bonchev–Trinajstić information content (AvgIpc) is 2.92. The number of amides is 1. The molecule has 1 aromatic rings. The van der Waals surface area contributed by atoms with Crippen molar-refractivity contribution < 1.29 is 24.5 Å². The van der Waals surface area contributed by atoms with Gasteiger partial charge in [-0.05, 0) is 24.1 Å². The number of benzene rings is 1. The topological polar surface area (TPSA) is 79.2 Å². The van der Waals surface area contributed by atoms with E-state index in [2.05, 4.69) is 0 Å².